The third-order valence-electron chi connectivity index (χ3n) is 4.67. The Balaban J connectivity index is 1.88. The van der Waals surface area contributed by atoms with Crippen molar-refractivity contribution in [3.8, 4) is 11.4 Å². The van der Waals surface area contributed by atoms with E-state index >= 15 is 0 Å². The Bertz CT molecular complexity index is 774. The van der Waals surface area contributed by atoms with Gasteiger partial charge < -0.3 is 4.90 Å². The van der Waals surface area contributed by atoms with Gasteiger partial charge in [-0.25, -0.2) is 9.97 Å². The zero-order chi connectivity index (χ0) is 18.2. The number of carbonyl (C=O) groups is 1. The minimum absolute atomic E-state index is 0.187. The quantitative estimate of drug-likeness (QED) is 0.842. The molecule has 0 bridgehead atoms. The van der Waals surface area contributed by atoms with Crippen LogP contribution < -0.4 is 0 Å². The molecule has 2 aromatic heterocycles. The van der Waals surface area contributed by atoms with E-state index in [-0.39, 0.29) is 17.2 Å². The Hall–Kier alpha value is -2.24. The molecule has 6 nitrogen and oxygen atoms in total. The van der Waals surface area contributed by atoms with Crippen molar-refractivity contribution < 1.29 is 4.79 Å². The van der Waals surface area contributed by atoms with Crippen LogP contribution in [0.1, 0.15) is 51.0 Å². The molecule has 2 aromatic rings. The number of amides is 1. The molecule has 0 aliphatic carbocycles. The second kappa shape index (κ2) is 6.58. The highest BCUT2D eigenvalue weighted by atomic mass is 16.2. The molecule has 25 heavy (non-hydrogen) atoms. The summed E-state index contributed by atoms with van der Waals surface area (Å²) in [6.07, 6.45) is 3.78. The first kappa shape index (κ1) is 17.6. The van der Waals surface area contributed by atoms with E-state index in [0.29, 0.717) is 6.54 Å². The van der Waals surface area contributed by atoms with Crippen molar-refractivity contribution in [1.29, 1.82) is 0 Å². The normalized spacial score (nSPS) is 18.4. The Labute approximate surface area is 149 Å². The molecule has 1 unspecified atom stereocenters. The number of nitrogens with zero attached hydrogens (tertiary/aromatic N) is 5. The third-order valence-corrected chi connectivity index (χ3v) is 4.67. The summed E-state index contributed by atoms with van der Waals surface area (Å²) < 4.78 is 1.82. The number of rotatable bonds is 2. The molecule has 0 spiro atoms. The number of likely N-dealkylation sites (tertiary alicyclic amines) is 1. The molecule has 134 valence electrons. The van der Waals surface area contributed by atoms with E-state index in [0.717, 1.165) is 42.3 Å². The van der Waals surface area contributed by atoms with Crippen LogP contribution >= 0.6 is 0 Å². The van der Waals surface area contributed by atoms with Gasteiger partial charge in [-0.3, -0.25) is 9.48 Å². The summed E-state index contributed by atoms with van der Waals surface area (Å²) >= 11 is 0. The van der Waals surface area contributed by atoms with E-state index in [1.807, 2.05) is 56.5 Å². The molecule has 3 heterocycles. The van der Waals surface area contributed by atoms with E-state index in [4.69, 9.17) is 4.98 Å². The fraction of sp³-hybridized carbons (Fsp3) is 0.579. The summed E-state index contributed by atoms with van der Waals surface area (Å²) in [5.41, 5.74) is 2.46. The van der Waals surface area contributed by atoms with Gasteiger partial charge in [-0.2, -0.15) is 5.10 Å². The van der Waals surface area contributed by atoms with Gasteiger partial charge in [-0.05, 0) is 31.9 Å². The van der Waals surface area contributed by atoms with Gasteiger partial charge in [0, 0.05) is 43.4 Å². The molecular weight excluding hydrogens is 314 g/mol. The number of carbonyl (C=O) groups excluding carboxylic acids is 1. The maximum Gasteiger partial charge on any atom is 0.227 e. The van der Waals surface area contributed by atoms with Crippen LogP contribution in [0.3, 0.4) is 0 Å². The largest absolute Gasteiger partial charge is 0.342 e. The van der Waals surface area contributed by atoms with E-state index in [1.54, 1.807) is 6.20 Å². The molecule has 1 fully saturated rings. The molecule has 3 rings (SSSR count). The molecule has 0 saturated carbocycles. The zero-order valence-corrected chi connectivity index (χ0v) is 15.8. The van der Waals surface area contributed by atoms with Gasteiger partial charge in [0.05, 0.1) is 11.4 Å². The lowest BCUT2D eigenvalue weighted by Crippen LogP contribution is -2.44. The van der Waals surface area contributed by atoms with Crippen LogP contribution in [0.5, 0.6) is 0 Å². The van der Waals surface area contributed by atoms with Gasteiger partial charge in [-0.1, -0.05) is 20.8 Å². The Morgan fingerprint density at radius 2 is 2.04 bits per heavy atom. The van der Waals surface area contributed by atoms with Crippen molar-refractivity contribution in [1.82, 2.24) is 24.6 Å². The minimum atomic E-state index is -0.352. The Kier molecular flexibility index (Phi) is 4.62. The van der Waals surface area contributed by atoms with Gasteiger partial charge in [0.25, 0.3) is 0 Å². The fourth-order valence-electron chi connectivity index (χ4n) is 3.38. The summed E-state index contributed by atoms with van der Waals surface area (Å²) in [5, 5.41) is 4.23. The topological polar surface area (TPSA) is 63.9 Å². The minimum Gasteiger partial charge on any atom is -0.342 e. The van der Waals surface area contributed by atoms with E-state index in [1.165, 1.54) is 0 Å². The molecule has 1 aliphatic heterocycles. The number of aromatic nitrogens is 4. The van der Waals surface area contributed by atoms with Crippen molar-refractivity contribution in [3.63, 3.8) is 0 Å². The lowest BCUT2D eigenvalue weighted by Gasteiger charge is -2.36. The summed E-state index contributed by atoms with van der Waals surface area (Å²) in [5.74, 6) is 1.23. The predicted molar refractivity (Wildman–Crippen MR) is 97.0 cm³/mol. The second-order valence-corrected chi connectivity index (χ2v) is 7.93. The number of piperidine rings is 1. The van der Waals surface area contributed by atoms with Gasteiger partial charge in [0.2, 0.25) is 5.91 Å². The maximum atomic E-state index is 12.6. The molecule has 6 heteroatoms. The third kappa shape index (κ3) is 3.72. The SMILES string of the molecule is Cc1cc(-c2ccnn2C)nc(C2CCCN(C(=O)C(C)(C)C)C2)n1. The highest BCUT2D eigenvalue weighted by Crippen LogP contribution is 2.29. The first-order valence-electron chi connectivity index (χ1n) is 8.89. The maximum absolute atomic E-state index is 12.6. The van der Waals surface area contributed by atoms with Gasteiger partial charge in [0.15, 0.2) is 0 Å². The van der Waals surface area contributed by atoms with E-state index in [2.05, 4.69) is 10.1 Å². The summed E-state index contributed by atoms with van der Waals surface area (Å²) in [7, 11) is 1.91. The highest BCUT2D eigenvalue weighted by Gasteiger charge is 2.32. The lowest BCUT2D eigenvalue weighted by molar-refractivity contribution is -0.140. The van der Waals surface area contributed by atoms with Crippen molar-refractivity contribution in [2.75, 3.05) is 13.1 Å². The molecule has 1 saturated heterocycles. The van der Waals surface area contributed by atoms with Gasteiger partial charge >= 0.3 is 0 Å². The van der Waals surface area contributed by atoms with Crippen molar-refractivity contribution in [3.05, 3.63) is 29.8 Å². The van der Waals surface area contributed by atoms with Crippen LogP contribution in [-0.2, 0) is 11.8 Å². The monoisotopic (exact) mass is 341 g/mol. The number of aryl methyl sites for hydroxylation is 2. The van der Waals surface area contributed by atoms with Crippen LogP contribution in [-0.4, -0.2) is 43.6 Å². The van der Waals surface area contributed by atoms with Gasteiger partial charge in [0.1, 0.15) is 5.82 Å². The molecule has 1 atom stereocenters. The zero-order valence-electron chi connectivity index (χ0n) is 15.8. The van der Waals surface area contributed by atoms with Crippen molar-refractivity contribution in [2.45, 2.75) is 46.5 Å². The highest BCUT2D eigenvalue weighted by molar-refractivity contribution is 5.81. The van der Waals surface area contributed by atoms with Crippen molar-refractivity contribution >= 4 is 5.91 Å². The molecule has 0 aromatic carbocycles. The summed E-state index contributed by atoms with van der Waals surface area (Å²) in [6.45, 7) is 9.44. The Morgan fingerprint density at radius 1 is 1.28 bits per heavy atom. The number of hydrogen-bond acceptors (Lipinski definition) is 4. The molecule has 0 radical (unpaired) electrons. The van der Waals surface area contributed by atoms with Gasteiger partial charge in [-0.15, -0.1) is 0 Å². The van der Waals surface area contributed by atoms with E-state index < -0.39 is 0 Å². The van der Waals surface area contributed by atoms with Crippen LogP contribution in [0.2, 0.25) is 0 Å². The standard InChI is InChI=1S/C19H27N5O/c1-13-11-15(16-8-9-20-23(16)5)22-17(21-13)14-7-6-10-24(12-14)18(25)19(2,3)4/h8-9,11,14H,6-7,10,12H2,1-5H3. The molecule has 0 N–H and O–H groups in total. The van der Waals surface area contributed by atoms with Crippen LogP contribution in [0.15, 0.2) is 18.3 Å². The predicted octanol–water partition coefficient (Wildman–Crippen LogP) is 2.94. The molecular formula is C19H27N5O. The fourth-order valence-corrected chi connectivity index (χ4v) is 3.38. The smallest absolute Gasteiger partial charge is 0.227 e. The second-order valence-electron chi connectivity index (χ2n) is 7.93. The number of hydrogen-bond donors (Lipinski definition) is 0. The van der Waals surface area contributed by atoms with Crippen LogP contribution in [0, 0.1) is 12.3 Å². The molecule has 1 amide bonds. The summed E-state index contributed by atoms with van der Waals surface area (Å²) in [6, 6.07) is 3.95. The molecule has 1 aliphatic rings. The average molecular weight is 341 g/mol. The van der Waals surface area contributed by atoms with Crippen molar-refractivity contribution in [2.24, 2.45) is 12.5 Å². The average Bonchev–Trinajstić information content (AvgIpc) is 2.99. The Morgan fingerprint density at radius 3 is 2.68 bits per heavy atom. The van der Waals surface area contributed by atoms with Crippen LogP contribution in [0.25, 0.3) is 11.4 Å². The van der Waals surface area contributed by atoms with E-state index in [9.17, 15) is 4.79 Å². The lowest BCUT2D eigenvalue weighted by atomic mass is 9.91. The summed E-state index contributed by atoms with van der Waals surface area (Å²) in [4.78, 5) is 24.1. The first-order chi connectivity index (χ1) is 11.8. The van der Waals surface area contributed by atoms with Crippen LogP contribution in [0.4, 0.5) is 0 Å². The first-order valence-corrected chi connectivity index (χ1v) is 8.89.